The van der Waals surface area contributed by atoms with Gasteiger partial charge in [-0.15, -0.1) is 0 Å². The van der Waals surface area contributed by atoms with Crippen molar-refractivity contribution in [2.75, 3.05) is 31.1 Å². The molecule has 154 valence electrons. The Labute approximate surface area is 171 Å². The van der Waals surface area contributed by atoms with Crippen molar-refractivity contribution in [3.05, 3.63) is 23.8 Å². The molecule has 3 nitrogen and oxygen atoms in total. The van der Waals surface area contributed by atoms with Gasteiger partial charge in [-0.3, -0.25) is 0 Å². The Hall–Kier alpha value is -1.22. The Bertz CT molecular complexity index is 677. The van der Waals surface area contributed by atoms with Crippen LogP contribution < -0.4 is 9.64 Å². The molecule has 1 unspecified atom stereocenters. The average molecular weight is 383 g/mol. The lowest BCUT2D eigenvalue weighted by atomic mass is 9.76. The third kappa shape index (κ3) is 3.67. The highest BCUT2D eigenvalue weighted by Crippen LogP contribution is 2.44. The summed E-state index contributed by atoms with van der Waals surface area (Å²) in [5.74, 6) is 2.19. The highest BCUT2D eigenvalue weighted by atomic mass is 16.5. The van der Waals surface area contributed by atoms with E-state index in [-0.39, 0.29) is 5.60 Å². The first kappa shape index (κ1) is 18.8. The molecule has 1 aromatic carbocycles. The molecule has 1 spiro atoms. The van der Waals surface area contributed by atoms with Crippen molar-refractivity contribution in [2.24, 2.45) is 5.92 Å². The van der Waals surface area contributed by atoms with Gasteiger partial charge in [-0.25, -0.2) is 0 Å². The van der Waals surface area contributed by atoms with Crippen LogP contribution in [0.1, 0.15) is 76.7 Å². The zero-order valence-corrected chi connectivity index (χ0v) is 17.8. The number of hydrogen-bond acceptors (Lipinski definition) is 3. The van der Waals surface area contributed by atoms with Gasteiger partial charge >= 0.3 is 0 Å². The topological polar surface area (TPSA) is 15.7 Å². The SMILES string of the molecule is CCCC1CC(N2CCCC3(CC2)Cc2ccc(N4CCCCC4)cc2O3)C1. The van der Waals surface area contributed by atoms with Crippen LogP contribution in [0.15, 0.2) is 18.2 Å². The number of piperidine rings is 1. The fourth-order valence-corrected chi connectivity index (χ4v) is 6.22. The van der Waals surface area contributed by atoms with Crippen LogP contribution in [0.3, 0.4) is 0 Å². The fraction of sp³-hybridized carbons (Fsp3) is 0.760. The van der Waals surface area contributed by atoms with E-state index in [0.29, 0.717) is 0 Å². The second-order valence-corrected chi connectivity index (χ2v) is 9.97. The van der Waals surface area contributed by atoms with Crippen molar-refractivity contribution in [3.8, 4) is 5.75 Å². The van der Waals surface area contributed by atoms with Crippen LogP contribution in [0.4, 0.5) is 5.69 Å². The molecule has 5 rings (SSSR count). The molecule has 1 aromatic rings. The summed E-state index contributed by atoms with van der Waals surface area (Å²) in [6.45, 7) is 7.26. The molecule has 1 atom stereocenters. The number of benzene rings is 1. The van der Waals surface area contributed by atoms with E-state index in [2.05, 4.69) is 34.9 Å². The molecule has 0 amide bonds. The smallest absolute Gasteiger partial charge is 0.125 e. The summed E-state index contributed by atoms with van der Waals surface area (Å²) >= 11 is 0. The number of rotatable bonds is 4. The average Bonchev–Trinajstić information content (AvgIpc) is 2.93. The van der Waals surface area contributed by atoms with Crippen molar-refractivity contribution in [1.82, 2.24) is 4.90 Å². The summed E-state index contributed by atoms with van der Waals surface area (Å²) in [7, 11) is 0. The Morgan fingerprint density at radius 3 is 2.68 bits per heavy atom. The maximum Gasteiger partial charge on any atom is 0.125 e. The van der Waals surface area contributed by atoms with E-state index in [0.717, 1.165) is 18.4 Å². The number of hydrogen-bond donors (Lipinski definition) is 0. The van der Waals surface area contributed by atoms with Crippen LogP contribution in [-0.2, 0) is 6.42 Å². The lowest BCUT2D eigenvalue weighted by Crippen LogP contribution is -2.45. The van der Waals surface area contributed by atoms with E-state index < -0.39 is 0 Å². The van der Waals surface area contributed by atoms with Gasteiger partial charge < -0.3 is 14.5 Å². The zero-order chi connectivity index (χ0) is 19.0. The van der Waals surface area contributed by atoms with E-state index in [9.17, 15) is 0 Å². The van der Waals surface area contributed by atoms with Gasteiger partial charge in [0.05, 0.1) is 0 Å². The van der Waals surface area contributed by atoms with Crippen molar-refractivity contribution >= 4 is 5.69 Å². The summed E-state index contributed by atoms with van der Waals surface area (Å²) in [4.78, 5) is 5.35. The summed E-state index contributed by atoms with van der Waals surface area (Å²) in [6, 6.07) is 7.91. The maximum absolute atomic E-state index is 6.73. The molecule has 3 heteroatoms. The van der Waals surface area contributed by atoms with Crippen LogP contribution >= 0.6 is 0 Å². The third-order valence-electron chi connectivity index (χ3n) is 7.97. The second kappa shape index (κ2) is 7.89. The lowest BCUT2D eigenvalue weighted by Gasteiger charge is -2.43. The van der Waals surface area contributed by atoms with Gasteiger partial charge in [0.2, 0.25) is 0 Å². The molecule has 0 N–H and O–H groups in total. The minimum absolute atomic E-state index is 0.0736. The Morgan fingerprint density at radius 2 is 1.86 bits per heavy atom. The van der Waals surface area contributed by atoms with E-state index in [1.807, 2.05) is 0 Å². The quantitative estimate of drug-likeness (QED) is 0.692. The van der Waals surface area contributed by atoms with E-state index in [4.69, 9.17) is 4.74 Å². The van der Waals surface area contributed by atoms with Gasteiger partial charge in [-0.1, -0.05) is 25.8 Å². The van der Waals surface area contributed by atoms with E-state index >= 15 is 0 Å². The molecule has 3 fully saturated rings. The minimum Gasteiger partial charge on any atom is -0.487 e. The Balaban J connectivity index is 1.21. The van der Waals surface area contributed by atoms with Crippen molar-refractivity contribution in [3.63, 3.8) is 0 Å². The predicted molar refractivity (Wildman–Crippen MR) is 116 cm³/mol. The first-order valence-corrected chi connectivity index (χ1v) is 12.1. The largest absolute Gasteiger partial charge is 0.487 e. The van der Waals surface area contributed by atoms with Crippen molar-refractivity contribution < 1.29 is 4.74 Å². The minimum atomic E-state index is 0.0736. The van der Waals surface area contributed by atoms with Gasteiger partial charge in [-0.05, 0) is 69.0 Å². The van der Waals surface area contributed by atoms with Crippen LogP contribution in [0.2, 0.25) is 0 Å². The summed E-state index contributed by atoms with van der Waals surface area (Å²) in [5.41, 5.74) is 2.90. The molecule has 1 saturated carbocycles. The molecular formula is C25H38N2O. The second-order valence-electron chi connectivity index (χ2n) is 9.97. The van der Waals surface area contributed by atoms with Gasteiger partial charge in [0, 0.05) is 50.3 Å². The molecular weight excluding hydrogens is 344 g/mol. The molecule has 28 heavy (non-hydrogen) atoms. The fourth-order valence-electron chi connectivity index (χ4n) is 6.22. The highest BCUT2D eigenvalue weighted by Gasteiger charge is 2.42. The summed E-state index contributed by atoms with van der Waals surface area (Å²) in [5, 5.41) is 0. The third-order valence-corrected chi connectivity index (χ3v) is 7.97. The highest BCUT2D eigenvalue weighted by molar-refractivity contribution is 5.56. The Morgan fingerprint density at radius 1 is 1.00 bits per heavy atom. The molecule has 4 aliphatic rings. The first-order valence-electron chi connectivity index (χ1n) is 12.1. The van der Waals surface area contributed by atoms with Gasteiger partial charge in [0.25, 0.3) is 0 Å². The number of anilines is 1. The lowest BCUT2D eigenvalue weighted by molar-refractivity contribution is 0.0548. The summed E-state index contributed by atoms with van der Waals surface area (Å²) < 4.78 is 6.73. The van der Waals surface area contributed by atoms with Crippen molar-refractivity contribution in [1.29, 1.82) is 0 Å². The van der Waals surface area contributed by atoms with Gasteiger partial charge in [0.15, 0.2) is 0 Å². The van der Waals surface area contributed by atoms with E-state index in [1.165, 1.54) is 107 Å². The predicted octanol–water partition coefficient (Wildman–Crippen LogP) is 5.42. The molecule has 2 saturated heterocycles. The molecule has 0 radical (unpaired) electrons. The summed E-state index contributed by atoms with van der Waals surface area (Å²) in [6.07, 6.45) is 14.6. The van der Waals surface area contributed by atoms with Crippen LogP contribution in [0.25, 0.3) is 0 Å². The zero-order valence-electron chi connectivity index (χ0n) is 17.8. The number of fused-ring (bicyclic) bond motifs is 1. The number of nitrogens with zero attached hydrogens (tertiary/aromatic N) is 2. The first-order chi connectivity index (χ1) is 13.7. The molecule has 1 aliphatic carbocycles. The van der Waals surface area contributed by atoms with Gasteiger partial charge in [0.1, 0.15) is 11.4 Å². The molecule has 0 bridgehead atoms. The van der Waals surface area contributed by atoms with Crippen LogP contribution in [0.5, 0.6) is 5.75 Å². The number of ether oxygens (including phenoxy) is 1. The molecule has 3 aliphatic heterocycles. The number of likely N-dealkylation sites (tertiary alicyclic amines) is 1. The maximum atomic E-state index is 6.73. The van der Waals surface area contributed by atoms with Crippen LogP contribution in [0, 0.1) is 5.92 Å². The van der Waals surface area contributed by atoms with Crippen molar-refractivity contribution in [2.45, 2.75) is 89.2 Å². The normalized spacial score (nSPS) is 33.2. The Kier molecular flexibility index (Phi) is 5.30. The molecule has 3 heterocycles. The monoisotopic (exact) mass is 382 g/mol. The van der Waals surface area contributed by atoms with Gasteiger partial charge in [-0.2, -0.15) is 0 Å². The standard InChI is InChI=1S/C25H38N2O/c1-2-7-20-16-23(17-20)27-14-6-10-25(11-15-27)19-21-8-9-22(18-24(21)28-25)26-12-4-3-5-13-26/h8-9,18,20,23H,2-7,10-17,19H2,1H3. The van der Waals surface area contributed by atoms with E-state index in [1.54, 1.807) is 0 Å². The van der Waals surface area contributed by atoms with Crippen LogP contribution in [-0.4, -0.2) is 42.7 Å². The molecule has 0 aromatic heterocycles.